The number of rotatable bonds is 8. The summed E-state index contributed by atoms with van der Waals surface area (Å²) in [5, 5.41) is 1.14. The quantitative estimate of drug-likeness (QED) is 0.585. The standard InChI is InChI=1S/C23H28Cl2N2O3/c1-3-29-21-8-6-17(14-22(21)30-4-2)15-23(28)27-11-9-26(10-12-27)16-18-5-7-19(24)20(25)13-18/h5-8,13-14H,3-4,9-12,15-16H2,1-2H3. The zero-order chi connectivity index (χ0) is 21.5. The van der Waals surface area contributed by atoms with Gasteiger partial charge in [-0.15, -0.1) is 0 Å². The largest absolute Gasteiger partial charge is 0.490 e. The molecule has 0 N–H and O–H groups in total. The first-order chi connectivity index (χ1) is 14.5. The van der Waals surface area contributed by atoms with Crippen molar-refractivity contribution in [2.75, 3.05) is 39.4 Å². The molecular formula is C23H28Cl2N2O3. The second-order valence-electron chi connectivity index (χ2n) is 7.23. The molecule has 1 fully saturated rings. The first kappa shape index (κ1) is 22.7. The van der Waals surface area contributed by atoms with E-state index in [9.17, 15) is 4.79 Å². The topological polar surface area (TPSA) is 42.0 Å². The minimum Gasteiger partial charge on any atom is -0.490 e. The number of halogens is 2. The van der Waals surface area contributed by atoms with Gasteiger partial charge in [-0.05, 0) is 49.2 Å². The van der Waals surface area contributed by atoms with Crippen LogP contribution in [0.5, 0.6) is 11.5 Å². The van der Waals surface area contributed by atoms with Crippen molar-refractivity contribution in [3.05, 3.63) is 57.6 Å². The lowest BCUT2D eigenvalue weighted by atomic mass is 10.1. The van der Waals surface area contributed by atoms with Crippen LogP contribution in [0.15, 0.2) is 36.4 Å². The van der Waals surface area contributed by atoms with Crippen molar-refractivity contribution in [1.82, 2.24) is 9.80 Å². The molecule has 1 aliphatic rings. The van der Waals surface area contributed by atoms with Crippen molar-refractivity contribution in [2.24, 2.45) is 0 Å². The van der Waals surface area contributed by atoms with E-state index < -0.39 is 0 Å². The van der Waals surface area contributed by atoms with E-state index in [1.54, 1.807) is 0 Å². The molecule has 0 spiro atoms. The Kier molecular flexibility index (Phi) is 8.25. The summed E-state index contributed by atoms with van der Waals surface area (Å²) in [6, 6.07) is 11.5. The zero-order valence-corrected chi connectivity index (χ0v) is 19.0. The van der Waals surface area contributed by atoms with Gasteiger partial charge < -0.3 is 14.4 Å². The molecule has 0 unspecified atom stereocenters. The number of amides is 1. The molecule has 0 bridgehead atoms. The molecule has 0 aliphatic carbocycles. The van der Waals surface area contributed by atoms with Crippen molar-refractivity contribution < 1.29 is 14.3 Å². The van der Waals surface area contributed by atoms with E-state index in [-0.39, 0.29) is 5.91 Å². The minimum atomic E-state index is 0.135. The summed E-state index contributed by atoms with van der Waals surface area (Å²) < 4.78 is 11.3. The van der Waals surface area contributed by atoms with E-state index in [1.807, 2.05) is 55.1 Å². The Morgan fingerprint density at radius 3 is 2.20 bits per heavy atom. The second-order valence-corrected chi connectivity index (χ2v) is 8.04. The summed E-state index contributed by atoms with van der Waals surface area (Å²) in [6.45, 7) is 8.90. The lowest BCUT2D eigenvalue weighted by Gasteiger charge is -2.35. The Labute approximate surface area is 188 Å². The number of nitrogens with zero attached hydrogens (tertiary/aromatic N) is 2. The number of carbonyl (C=O) groups is 1. The number of ether oxygens (including phenoxy) is 2. The summed E-state index contributed by atoms with van der Waals surface area (Å²) >= 11 is 12.1. The van der Waals surface area contributed by atoms with Gasteiger partial charge in [0.1, 0.15) is 0 Å². The van der Waals surface area contributed by atoms with E-state index >= 15 is 0 Å². The molecule has 0 atom stereocenters. The number of piperazine rings is 1. The summed E-state index contributed by atoms with van der Waals surface area (Å²) in [5.41, 5.74) is 2.06. The highest BCUT2D eigenvalue weighted by Crippen LogP contribution is 2.29. The normalized spacial score (nSPS) is 14.6. The molecule has 1 amide bonds. The predicted octanol–water partition coefficient (Wildman–Crippen LogP) is 4.68. The summed E-state index contributed by atoms with van der Waals surface area (Å²) in [4.78, 5) is 17.1. The maximum Gasteiger partial charge on any atom is 0.227 e. The minimum absolute atomic E-state index is 0.135. The van der Waals surface area contributed by atoms with Crippen LogP contribution in [-0.2, 0) is 17.8 Å². The van der Waals surface area contributed by atoms with Crippen molar-refractivity contribution in [1.29, 1.82) is 0 Å². The fourth-order valence-corrected chi connectivity index (χ4v) is 3.86. The van der Waals surface area contributed by atoms with Crippen LogP contribution in [0, 0.1) is 0 Å². The Bertz CT molecular complexity index is 868. The van der Waals surface area contributed by atoms with Crippen LogP contribution in [-0.4, -0.2) is 55.1 Å². The molecule has 0 radical (unpaired) electrons. The summed E-state index contributed by atoms with van der Waals surface area (Å²) in [7, 11) is 0. The third kappa shape index (κ3) is 6.03. The van der Waals surface area contributed by atoms with E-state index in [0.717, 1.165) is 43.9 Å². The average molecular weight is 451 g/mol. The fraction of sp³-hybridized carbons (Fsp3) is 0.435. The van der Waals surface area contributed by atoms with E-state index in [1.165, 1.54) is 0 Å². The van der Waals surface area contributed by atoms with Crippen molar-refractivity contribution in [2.45, 2.75) is 26.8 Å². The Balaban J connectivity index is 1.53. The van der Waals surface area contributed by atoms with Crippen LogP contribution in [0.4, 0.5) is 0 Å². The molecule has 7 heteroatoms. The van der Waals surface area contributed by atoms with Gasteiger partial charge in [0.05, 0.1) is 29.7 Å². The lowest BCUT2D eigenvalue weighted by Crippen LogP contribution is -2.48. The summed E-state index contributed by atoms with van der Waals surface area (Å²) in [6.07, 6.45) is 0.360. The molecule has 1 saturated heterocycles. The Morgan fingerprint density at radius 1 is 0.867 bits per heavy atom. The van der Waals surface area contributed by atoms with Crippen molar-refractivity contribution in [3.8, 4) is 11.5 Å². The highest BCUT2D eigenvalue weighted by molar-refractivity contribution is 6.42. The number of hydrogen-bond donors (Lipinski definition) is 0. The highest BCUT2D eigenvalue weighted by atomic mass is 35.5. The third-order valence-electron chi connectivity index (χ3n) is 5.08. The molecular weight excluding hydrogens is 423 g/mol. The predicted molar refractivity (Wildman–Crippen MR) is 121 cm³/mol. The second kappa shape index (κ2) is 10.9. The van der Waals surface area contributed by atoms with E-state index in [2.05, 4.69) is 4.90 Å². The number of carbonyl (C=O) groups excluding carboxylic acids is 1. The maximum atomic E-state index is 12.8. The molecule has 2 aromatic rings. The fourth-order valence-electron chi connectivity index (χ4n) is 3.54. The van der Waals surface area contributed by atoms with Crippen LogP contribution < -0.4 is 9.47 Å². The van der Waals surface area contributed by atoms with Gasteiger partial charge in [-0.25, -0.2) is 0 Å². The Hall–Kier alpha value is -1.95. The molecule has 0 aromatic heterocycles. The van der Waals surface area contributed by atoms with Gasteiger partial charge >= 0.3 is 0 Å². The molecule has 5 nitrogen and oxygen atoms in total. The number of benzene rings is 2. The molecule has 3 rings (SSSR count). The van der Waals surface area contributed by atoms with E-state index in [0.29, 0.717) is 41.2 Å². The lowest BCUT2D eigenvalue weighted by molar-refractivity contribution is -0.132. The van der Waals surface area contributed by atoms with Crippen molar-refractivity contribution >= 4 is 29.1 Å². The molecule has 1 aliphatic heterocycles. The van der Waals surface area contributed by atoms with Crippen LogP contribution in [0.3, 0.4) is 0 Å². The van der Waals surface area contributed by atoms with Gasteiger partial charge in [0.2, 0.25) is 5.91 Å². The van der Waals surface area contributed by atoms with Gasteiger partial charge in [-0.3, -0.25) is 9.69 Å². The molecule has 30 heavy (non-hydrogen) atoms. The average Bonchev–Trinajstić information content (AvgIpc) is 2.73. The zero-order valence-electron chi connectivity index (χ0n) is 17.5. The number of hydrogen-bond acceptors (Lipinski definition) is 4. The third-order valence-corrected chi connectivity index (χ3v) is 5.82. The van der Waals surface area contributed by atoms with Crippen LogP contribution in [0.2, 0.25) is 10.0 Å². The maximum absolute atomic E-state index is 12.8. The van der Waals surface area contributed by atoms with Crippen LogP contribution >= 0.6 is 23.2 Å². The van der Waals surface area contributed by atoms with E-state index in [4.69, 9.17) is 32.7 Å². The molecule has 1 heterocycles. The first-order valence-electron chi connectivity index (χ1n) is 10.3. The molecule has 2 aromatic carbocycles. The summed E-state index contributed by atoms with van der Waals surface area (Å²) in [5.74, 6) is 1.54. The monoisotopic (exact) mass is 450 g/mol. The Morgan fingerprint density at radius 2 is 1.53 bits per heavy atom. The van der Waals surface area contributed by atoms with Crippen LogP contribution in [0.1, 0.15) is 25.0 Å². The van der Waals surface area contributed by atoms with Crippen LogP contribution in [0.25, 0.3) is 0 Å². The highest BCUT2D eigenvalue weighted by Gasteiger charge is 2.22. The van der Waals surface area contributed by atoms with Gasteiger partial charge in [0, 0.05) is 32.7 Å². The first-order valence-corrected chi connectivity index (χ1v) is 11.1. The SMILES string of the molecule is CCOc1ccc(CC(=O)N2CCN(Cc3ccc(Cl)c(Cl)c3)CC2)cc1OCC. The van der Waals surface area contributed by atoms with Gasteiger partial charge in [0.15, 0.2) is 11.5 Å². The van der Waals surface area contributed by atoms with Gasteiger partial charge in [-0.1, -0.05) is 35.3 Å². The van der Waals surface area contributed by atoms with Gasteiger partial charge in [-0.2, -0.15) is 0 Å². The smallest absolute Gasteiger partial charge is 0.227 e. The van der Waals surface area contributed by atoms with Crippen molar-refractivity contribution in [3.63, 3.8) is 0 Å². The molecule has 0 saturated carbocycles. The molecule has 162 valence electrons. The van der Waals surface area contributed by atoms with Gasteiger partial charge in [0.25, 0.3) is 0 Å².